The summed E-state index contributed by atoms with van der Waals surface area (Å²) in [4.78, 5) is 0. The van der Waals surface area contributed by atoms with Crippen LogP contribution in [0, 0.1) is 0 Å². The van der Waals surface area contributed by atoms with Crippen molar-refractivity contribution in [1.82, 2.24) is 15.5 Å². The van der Waals surface area contributed by atoms with Crippen LogP contribution in [0.5, 0.6) is 0 Å². The van der Waals surface area contributed by atoms with E-state index in [1.165, 1.54) is 22.9 Å². The molecular formula is C11H21N3S. The number of nitrogens with one attached hydrogen (secondary N) is 1. The van der Waals surface area contributed by atoms with Gasteiger partial charge in [-0.3, -0.25) is 0 Å². The second kappa shape index (κ2) is 6.90. The molecule has 0 aliphatic heterocycles. The quantitative estimate of drug-likeness (QED) is 0.728. The van der Waals surface area contributed by atoms with Crippen molar-refractivity contribution in [1.29, 1.82) is 0 Å². The highest BCUT2D eigenvalue weighted by Crippen LogP contribution is 2.24. The number of rotatable bonds is 7. The average Bonchev–Trinajstić information content (AvgIpc) is 2.67. The number of hydrogen-bond acceptors (Lipinski definition) is 4. The van der Waals surface area contributed by atoms with Gasteiger partial charge in [0.2, 0.25) is 0 Å². The van der Waals surface area contributed by atoms with Crippen LogP contribution in [0.4, 0.5) is 0 Å². The van der Waals surface area contributed by atoms with Crippen LogP contribution in [0.3, 0.4) is 0 Å². The zero-order valence-corrected chi connectivity index (χ0v) is 10.7. The Kier molecular flexibility index (Phi) is 5.79. The number of aryl methyl sites for hydroxylation is 1. The van der Waals surface area contributed by atoms with E-state index in [2.05, 4.69) is 29.4 Å². The van der Waals surface area contributed by atoms with Crippen molar-refractivity contribution in [3.63, 3.8) is 0 Å². The average molecular weight is 227 g/mol. The lowest BCUT2D eigenvalue weighted by Crippen LogP contribution is -2.08. The molecule has 4 heteroatoms. The zero-order valence-electron chi connectivity index (χ0n) is 9.92. The third-order valence-electron chi connectivity index (χ3n) is 2.44. The summed E-state index contributed by atoms with van der Waals surface area (Å²) in [6.07, 6.45) is 4.63. The maximum absolute atomic E-state index is 4.26. The van der Waals surface area contributed by atoms with E-state index in [0.29, 0.717) is 5.92 Å². The molecule has 0 spiro atoms. The molecule has 0 amide bonds. The normalized spacial score (nSPS) is 13.0. The maximum atomic E-state index is 4.26. The first-order valence-electron chi connectivity index (χ1n) is 5.74. The van der Waals surface area contributed by atoms with Crippen molar-refractivity contribution >= 4 is 11.3 Å². The minimum Gasteiger partial charge on any atom is -0.320 e. The van der Waals surface area contributed by atoms with Crippen molar-refractivity contribution in [2.75, 3.05) is 13.6 Å². The molecule has 0 aromatic carbocycles. The molecule has 0 bridgehead atoms. The molecule has 1 atom stereocenters. The summed E-state index contributed by atoms with van der Waals surface area (Å²) in [7, 11) is 1.98. The van der Waals surface area contributed by atoms with Gasteiger partial charge in [0.15, 0.2) is 0 Å². The predicted octanol–water partition coefficient (Wildman–Crippen LogP) is 2.59. The lowest BCUT2D eigenvalue weighted by molar-refractivity contribution is 0.652. The van der Waals surface area contributed by atoms with E-state index in [-0.39, 0.29) is 0 Å². The van der Waals surface area contributed by atoms with Crippen molar-refractivity contribution in [2.45, 2.75) is 45.4 Å². The van der Waals surface area contributed by atoms with Gasteiger partial charge in [0.25, 0.3) is 0 Å². The van der Waals surface area contributed by atoms with Gasteiger partial charge in [-0.2, -0.15) is 0 Å². The molecule has 0 fully saturated rings. The number of aromatic nitrogens is 2. The molecule has 3 nitrogen and oxygen atoms in total. The van der Waals surface area contributed by atoms with Gasteiger partial charge in [-0.05, 0) is 26.4 Å². The fourth-order valence-electron chi connectivity index (χ4n) is 1.54. The standard InChI is InChI=1S/C11H21N3S/c1-4-6-9(2)11-14-13-10(15-11)7-5-8-12-3/h9,12H,4-8H2,1-3H3. The van der Waals surface area contributed by atoms with E-state index < -0.39 is 0 Å². The van der Waals surface area contributed by atoms with Crippen molar-refractivity contribution in [3.05, 3.63) is 10.0 Å². The minimum absolute atomic E-state index is 0.575. The predicted molar refractivity (Wildman–Crippen MR) is 65.5 cm³/mol. The molecule has 0 aliphatic carbocycles. The summed E-state index contributed by atoms with van der Waals surface area (Å²) in [5.74, 6) is 0.575. The Morgan fingerprint density at radius 3 is 2.87 bits per heavy atom. The van der Waals surface area contributed by atoms with Crippen LogP contribution >= 0.6 is 11.3 Å². The second-order valence-corrected chi connectivity index (χ2v) is 5.02. The third kappa shape index (κ3) is 4.26. The second-order valence-electron chi connectivity index (χ2n) is 3.93. The van der Waals surface area contributed by atoms with Crippen LogP contribution in [0.15, 0.2) is 0 Å². The summed E-state index contributed by atoms with van der Waals surface area (Å²) in [5, 5.41) is 14.0. The highest BCUT2D eigenvalue weighted by molar-refractivity contribution is 7.11. The summed E-state index contributed by atoms with van der Waals surface area (Å²) < 4.78 is 0. The molecule has 1 heterocycles. The Hall–Kier alpha value is -0.480. The van der Waals surface area contributed by atoms with Gasteiger partial charge in [-0.15, -0.1) is 21.5 Å². The minimum atomic E-state index is 0.575. The Morgan fingerprint density at radius 1 is 1.40 bits per heavy atom. The Labute approximate surface area is 96.3 Å². The number of hydrogen-bond donors (Lipinski definition) is 1. The van der Waals surface area contributed by atoms with Crippen LogP contribution in [0.25, 0.3) is 0 Å². The van der Waals surface area contributed by atoms with Crippen molar-refractivity contribution in [2.24, 2.45) is 0 Å². The SMILES string of the molecule is CCCC(C)c1nnc(CCCNC)s1. The summed E-state index contributed by atoms with van der Waals surface area (Å²) >= 11 is 1.78. The molecule has 1 aromatic heterocycles. The molecule has 1 N–H and O–H groups in total. The van der Waals surface area contributed by atoms with E-state index in [1.54, 1.807) is 11.3 Å². The van der Waals surface area contributed by atoms with Crippen LogP contribution in [-0.2, 0) is 6.42 Å². The molecule has 0 saturated carbocycles. The Balaban J connectivity index is 2.41. The lowest BCUT2D eigenvalue weighted by atomic mass is 10.1. The molecule has 86 valence electrons. The number of nitrogens with zero attached hydrogens (tertiary/aromatic N) is 2. The van der Waals surface area contributed by atoms with Crippen LogP contribution in [0.1, 0.15) is 49.0 Å². The molecule has 1 unspecified atom stereocenters. The maximum Gasteiger partial charge on any atom is 0.120 e. The lowest BCUT2D eigenvalue weighted by Gasteiger charge is -2.03. The molecule has 15 heavy (non-hydrogen) atoms. The fourth-order valence-corrected chi connectivity index (χ4v) is 2.51. The van der Waals surface area contributed by atoms with E-state index >= 15 is 0 Å². The Morgan fingerprint density at radius 2 is 2.20 bits per heavy atom. The van der Waals surface area contributed by atoms with Gasteiger partial charge in [-0.1, -0.05) is 20.3 Å². The topological polar surface area (TPSA) is 37.8 Å². The zero-order chi connectivity index (χ0) is 11.1. The van der Waals surface area contributed by atoms with Gasteiger partial charge in [0.1, 0.15) is 10.0 Å². The first kappa shape index (κ1) is 12.6. The smallest absolute Gasteiger partial charge is 0.120 e. The first-order valence-corrected chi connectivity index (χ1v) is 6.56. The van der Waals surface area contributed by atoms with Gasteiger partial charge in [-0.25, -0.2) is 0 Å². The van der Waals surface area contributed by atoms with Gasteiger partial charge in [0.05, 0.1) is 0 Å². The van der Waals surface area contributed by atoms with Gasteiger partial charge in [0, 0.05) is 12.3 Å². The highest BCUT2D eigenvalue weighted by Gasteiger charge is 2.10. The van der Waals surface area contributed by atoms with Gasteiger partial charge < -0.3 is 5.32 Å². The molecule has 1 rings (SSSR count). The summed E-state index contributed by atoms with van der Waals surface area (Å²) in [6, 6.07) is 0. The summed E-state index contributed by atoms with van der Waals surface area (Å²) in [5.41, 5.74) is 0. The van der Waals surface area contributed by atoms with E-state index in [1.807, 2.05) is 7.05 Å². The largest absolute Gasteiger partial charge is 0.320 e. The van der Waals surface area contributed by atoms with Gasteiger partial charge >= 0.3 is 0 Å². The van der Waals surface area contributed by atoms with E-state index in [4.69, 9.17) is 0 Å². The van der Waals surface area contributed by atoms with Crippen molar-refractivity contribution in [3.8, 4) is 0 Å². The van der Waals surface area contributed by atoms with E-state index in [9.17, 15) is 0 Å². The van der Waals surface area contributed by atoms with Crippen LogP contribution in [-0.4, -0.2) is 23.8 Å². The highest BCUT2D eigenvalue weighted by atomic mass is 32.1. The first-order chi connectivity index (χ1) is 7.27. The monoisotopic (exact) mass is 227 g/mol. The third-order valence-corrected chi connectivity index (χ3v) is 3.66. The Bertz CT molecular complexity index is 273. The summed E-state index contributed by atoms with van der Waals surface area (Å²) in [6.45, 7) is 5.51. The molecule has 0 radical (unpaired) electrons. The fraction of sp³-hybridized carbons (Fsp3) is 0.818. The molecular weight excluding hydrogens is 206 g/mol. The van der Waals surface area contributed by atoms with Crippen LogP contribution < -0.4 is 5.32 Å². The van der Waals surface area contributed by atoms with Crippen LogP contribution in [0.2, 0.25) is 0 Å². The van der Waals surface area contributed by atoms with E-state index in [0.717, 1.165) is 19.4 Å². The molecule has 0 aliphatic rings. The molecule has 1 aromatic rings. The molecule has 0 saturated heterocycles. The van der Waals surface area contributed by atoms with Crippen molar-refractivity contribution < 1.29 is 0 Å².